The zero-order valence-corrected chi connectivity index (χ0v) is 10.3. The maximum absolute atomic E-state index is 10.2. The van der Waals surface area contributed by atoms with Crippen LogP contribution in [0.5, 0.6) is 0 Å². The Labute approximate surface area is 83.7 Å². The molecule has 0 N–H and O–H groups in total. The molecular weight excluding hydrogens is 164 g/mol. The Morgan fingerprint density at radius 2 is 1.54 bits per heavy atom. The van der Waals surface area contributed by atoms with Crippen LogP contribution >= 0.6 is 0 Å². The monoisotopic (exact) mass is 190 g/mol. The van der Waals surface area contributed by atoms with E-state index in [0.29, 0.717) is 0 Å². The van der Waals surface area contributed by atoms with Crippen molar-refractivity contribution in [1.29, 1.82) is 0 Å². The number of hydrogen-bond acceptors (Lipinski definition) is 2. The molecule has 2 heteroatoms. The lowest BCUT2D eigenvalue weighted by atomic mass is 10.3. The molecule has 0 radical (unpaired) electrons. The van der Waals surface area contributed by atoms with E-state index in [2.05, 4.69) is 13.8 Å². The third-order valence-electron chi connectivity index (χ3n) is 0.942. The van der Waals surface area contributed by atoms with Gasteiger partial charge in [0.2, 0.25) is 0 Å². The lowest BCUT2D eigenvalue weighted by Gasteiger charge is -2.06. The van der Waals surface area contributed by atoms with E-state index in [0.717, 1.165) is 6.42 Å². The zero-order chi connectivity index (χ0) is 11.3. The maximum atomic E-state index is 10.2. The van der Waals surface area contributed by atoms with Crippen molar-refractivity contribution in [3.05, 3.63) is 0 Å². The highest BCUT2D eigenvalue weighted by molar-refractivity contribution is 5.66. The first kappa shape index (κ1) is 18.3. The first-order valence-electron chi connectivity index (χ1n) is 5.25. The van der Waals surface area contributed by atoms with Gasteiger partial charge in [-0.3, -0.25) is 4.79 Å². The third-order valence-corrected chi connectivity index (χ3v) is 0.942. The molecule has 0 amide bonds. The molecule has 0 fully saturated rings. The lowest BCUT2D eigenvalue weighted by Crippen LogP contribution is -2.09. The third kappa shape index (κ3) is 34.4. The van der Waals surface area contributed by atoms with Gasteiger partial charge in [-0.1, -0.05) is 41.0 Å². The van der Waals surface area contributed by atoms with Crippen LogP contribution in [0.3, 0.4) is 0 Å². The van der Waals surface area contributed by atoms with Crippen LogP contribution in [0.25, 0.3) is 0 Å². The topological polar surface area (TPSA) is 26.3 Å². The van der Waals surface area contributed by atoms with Crippen LogP contribution in [0.15, 0.2) is 0 Å². The van der Waals surface area contributed by atoms with E-state index in [4.69, 9.17) is 4.74 Å². The fraction of sp³-hybridized carbons (Fsp3) is 0.909. The van der Waals surface area contributed by atoms with E-state index in [9.17, 15) is 4.79 Å². The van der Waals surface area contributed by atoms with Gasteiger partial charge in [0, 0.05) is 6.92 Å². The molecular formula is C11H26O2. The van der Waals surface area contributed by atoms with Crippen molar-refractivity contribution in [2.24, 2.45) is 0 Å². The molecule has 82 valence electrons. The average Bonchev–Trinajstić information content (AvgIpc) is 2.08. The van der Waals surface area contributed by atoms with Gasteiger partial charge in [-0.25, -0.2) is 0 Å². The molecule has 0 aromatic carbocycles. The summed E-state index contributed by atoms with van der Waals surface area (Å²) < 4.78 is 4.76. The Kier molecular flexibility index (Phi) is 24.7. The van der Waals surface area contributed by atoms with Crippen LogP contribution in [0.1, 0.15) is 61.3 Å². The van der Waals surface area contributed by atoms with Crippen LogP contribution in [0.2, 0.25) is 0 Å². The molecule has 1 unspecified atom stereocenters. The number of hydrogen-bond donors (Lipinski definition) is 0. The zero-order valence-electron chi connectivity index (χ0n) is 10.3. The Bertz CT molecular complexity index is 90.1. The van der Waals surface area contributed by atoms with Gasteiger partial charge in [-0.15, -0.1) is 0 Å². The lowest BCUT2D eigenvalue weighted by molar-refractivity contribution is -0.145. The summed E-state index contributed by atoms with van der Waals surface area (Å²) in [5.74, 6) is -0.195. The molecule has 0 saturated carbocycles. The molecule has 0 aliphatic rings. The molecule has 2 nitrogen and oxygen atoms in total. The van der Waals surface area contributed by atoms with Crippen molar-refractivity contribution in [1.82, 2.24) is 0 Å². The summed E-state index contributed by atoms with van der Waals surface area (Å²) >= 11 is 0. The van der Waals surface area contributed by atoms with Gasteiger partial charge in [0.15, 0.2) is 0 Å². The first-order chi connectivity index (χ1) is 6.08. The van der Waals surface area contributed by atoms with Crippen LogP contribution in [-0.4, -0.2) is 12.1 Å². The molecule has 0 spiro atoms. The van der Waals surface area contributed by atoms with E-state index in [1.54, 1.807) is 0 Å². The second kappa shape index (κ2) is 17.5. The highest BCUT2D eigenvalue weighted by Gasteiger charge is 1.99. The summed E-state index contributed by atoms with van der Waals surface area (Å²) in [4.78, 5) is 10.2. The normalized spacial score (nSPS) is 9.77. The first-order valence-corrected chi connectivity index (χ1v) is 5.25. The Morgan fingerprint density at radius 3 is 1.62 bits per heavy atom. The van der Waals surface area contributed by atoms with Crippen molar-refractivity contribution < 1.29 is 9.53 Å². The van der Waals surface area contributed by atoms with Gasteiger partial charge in [-0.05, 0) is 13.3 Å². The smallest absolute Gasteiger partial charge is 0.302 e. The summed E-state index contributed by atoms with van der Waals surface area (Å²) in [6, 6.07) is 0. The Balaban J connectivity index is -0.000000169. The van der Waals surface area contributed by atoms with Gasteiger partial charge in [-0.2, -0.15) is 0 Å². The van der Waals surface area contributed by atoms with Crippen molar-refractivity contribution >= 4 is 5.97 Å². The number of carbonyl (C=O) groups is 1. The maximum Gasteiger partial charge on any atom is 0.302 e. The molecule has 0 aliphatic heterocycles. The molecule has 0 aliphatic carbocycles. The fourth-order valence-electron chi connectivity index (χ4n) is 0.367. The number of rotatable bonds is 2. The van der Waals surface area contributed by atoms with E-state index >= 15 is 0 Å². The summed E-state index contributed by atoms with van der Waals surface area (Å²) in [5, 5.41) is 0. The Hall–Kier alpha value is -0.530. The molecule has 0 aromatic rings. The molecule has 0 rings (SSSR count). The van der Waals surface area contributed by atoms with E-state index in [-0.39, 0.29) is 12.1 Å². The average molecular weight is 190 g/mol. The van der Waals surface area contributed by atoms with Crippen LogP contribution in [0, 0.1) is 0 Å². The fourth-order valence-corrected chi connectivity index (χ4v) is 0.367. The minimum atomic E-state index is -0.195. The highest BCUT2D eigenvalue weighted by Crippen LogP contribution is 1.94. The summed E-state index contributed by atoms with van der Waals surface area (Å²) in [6.45, 7) is 13.5. The van der Waals surface area contributed by atoms with E-state index < -0.39 is 0 Å². The molecule has 13 heavy (non-hydrogen) atoms. The number of esters is 1. The van der Waals surface area contributed by atoms with Crippen LogP contribution in [0.4, 0.5) is 0 Å². The number of carbonyl (C=O) groups excluding carboxylic acids is 1. The summed E-state index contributed by atoms with van der Waals surface area (Å²) in [6.07, 6.45) is 2.21. The standard InChI is InChI=1S/C6H12O2.C3H8.C2H6/c1-4-5(2)8-6(3)7;1-3-2;1-2/h5H,4H2,1-3H3;3H2,1-2H3;1-2H3. The minimum Gasteiger partial charge on any atom is -0.463 e. The van der Waals surface area contributed by atoms with Gasteiger partial charge in [0.1, 0.15) is 0 Å². The summed E-state index contributed by atoms with van der Waals surface area (Å²) in [7, 11) is 0. The van der Waals surface area contributed by atoms with Gasteiger partial charge >= 0.3 is 5.97 Å². The number of ether oxygens (including phenoxy) is 1. The molecule has 0 bridgehead atoms. The SMILES string of the molecule is CC.CCC.CCC(C)OC(C)=O. The minimum absolute atomic E-state index is 0.0764. The van der Waals surface area contributed by atoms with Gasteiger partial charge in [0.05, 0.1) is 6.10 Å². The van der Waals surface area contributed by atoms with Gasteiger partial charge < -0.3 is 4.74 Å². The van der Waals surface area contributed by atoms with Crippen molar-refractivity contribution in [2.45, 2.75) is 67.4 Å². The summed E-state index contributed by atoms with van der Waals surface area (Å²) in [5.41, 5.74) is 0. The van der Waals surface area contributed by atoms with Crippen LogP contribution in [-0.2, 0) is 9.53 Å². The second-order valence-electron chi connectivity index (χ2n) is 2.54. The predicted molar refractivity (Wildman–Crippen MR) is 58.8 cm³/mol. The van der Waals surface area contributed by atoms with Crippen LogP contribution < -0.4 is 0 Å². The largest absolute Gasteiger partial charge is 0.463 e. The van der Waals surface area contributed by atoms with Crippen molar-refractivity contribution in [2.75, 3.05) is 0 Å². The molecule has 0 saturated heterocycles. The molecule has 0 heterocycles. The molecule has 1 atom stereocenters. The second-order valence-corrected chi connectivity index (χ2v) is 2.54. The van der Waals surface area contributed by atoms with E-state index in [1.807, 2.05) is 27.7 Å². The quantitative estimate of drug-likeness (QED) is 0.619. The van der Waals surface area contributed by atoms with Gasteiger partial charge in [0.25, 0.3) is 0 Å². The molecule has 0 aromatic heterocycles. The van der Waals surface area contributed by atoms with Crippen molar-refractivity contribution in [3.63, 3.8) is 0 Å². The highest BCUT2D eigenvalue weighted by atomic mass is 16.5. The van der Waals surface area contributed by atoms with E-state index in [1.165, 1.54) is 13.3 Å². The Morgan fingerprint density at radius 1 is 1.23 bits per heavy atom. The van der Waals surface area contributed by atoms with Crippen molar-refractivity contribution in [3.8, 4) is 0 Å². The predicted octanol–water partition coefficient (Wildman–Crippen LogP) is 3.79.